The van der Waals surface area contributed by atoms with Crippen LogP contribution in [0.1, 0.15) is 36.8 Å². The first-order valence-electron chi connectivity index (χ1n) is 12.9. The van der Waals surface area contributed by atoms with Crippen molar-refractivity contribution in [3.8, 4) is 17.2 Å². The highest BCUT2D eigenvalue weighted by molar-refractivity contribution is 5.43. The Morgan fingerprint density at radius 1 is 1.00 bits per heavy atom. The van der Waals surface area contributed by atoms with Gasteiger partial charge in [0.2, 0.25) is 0 Å². The highest BCUT2D eigenvalue weighted by atomic mass is 19.1. The number of likely N-dealkylation sites (tertiary alicyclic amines) is 1. The van der Waals surface area contributed by atoms with Crippen molar-refractivity contribution in [2.24, 2.45) is 0 Å². The van der Waals surface area contributed by atoms with Crippen molar-refractivity contribution in [3.05, 3.63) is 71.8 Å². The molecule has 0 aliphatic carbocycles. The molecule has 0 spiro atoms. The zero-order valence-electron chi connectivity index (χ0n) is 22.1. The lowest BCUT2D eigenvalue weighted by molar-refractivity contribution is -0.0548. The van der Waals surface area contributed by atoms with Crippen molar-refractivity contribution in [1.29, 1.82) is 0 Å². The van der Waals surface area contributed by atoms with Gasteiger partial charge in [0, 0.05) is 39.4 Å². The number of methoxy groups -OCH3 is 2. The number of para-hydroxylation sites is 1. The molecule has 3 aromatic rings. The molecule has 200 valence electrons. The van der Waals surface area contributed by atoms with Crippen LogP contribution in [0.15, 0.2) is 54.9 Å². The predicted molar refractivity (Wildman–Crippen MR) is 141 cm³/mol. The van der Waals surface area contributed by atoms with Crippen LogP contribution in [0.25, 0.3) is 0 Å². The topological polar surface area (TPSA) is 58.0 Å². The molecule has 1 aliphatic heterocycles. The van der Waals surface area contributed by atoms with Crippen LogP contribution in [0, 0.1) is 12.7 Å². The van der Waals surface area contributed by atoms with Crippen molar-refractivity contribution < 1.29 is 23.3 Å². The highest BCUT2D eigenvalue weighted by Crippen LogP contribution is 2.31. The molecule has 1 saturated heterocycles. The maximum Gasteiger partial charge on any atom is 0.165 e. The van der Waals surface area contributed by atoms with Crippen molar-refractivity contribution in [3.63, 3.8) is 0 Å². The van der Waals surface area contributed by atoms with Crippen molar-refractivity contribution >= 4 is 0 Å². The van der Waals surface area contributed by atoms with Crippen LogP contribution >= 0.6 is 0 Å². The van der Waals surface area contributed by atoms with E-state index in [4.69, 9.17) is 18.9 Å². The van der Waals surface area contributed by atoms with Gasteiger partial charge in [0.05, 0.1) is 19.9 Å². The van der Waals surface area contributed by atoms with Gasteiger partial charge in [-0.1, -0.05) is 18.2 Å². The summed E-state index contributed by atoms with van der Waals surface area (Å²) < 4.78 is 39.4. The Balaban J connectivity index is 1.31. The van der Waals surface area contributed by atoms with Crippen LogP contribution in [0.4, 0.5) is 4.39 Å². The molecule has 2 heterocycles. The van der Waals surface area contributed by atoms with E-state index >= 15 is 0 Å². The van der Waals surface area contributed by atoms with Crippen LogP contribution in [-0.4, -0.2) is 60.8 Å². The van der Waals surface area contributed by atoms with Crippen LogP contribution in [0.5, 0.6) is 17.2 Å². The van der Waals surface area contributed by atoms with Gasteiger partial charge in [-0.05, 0) is 68.1 Å². The minimum Gasteiger partial charge on any atom is -0.493 e. The molecule has 0 amide bonds. The number of hydrogen-bond donors (Lipinski definition) is 0. The summed E-state index contributed by atoms with van der Waals surface area (Å²) in [5.41, 5.74) is 1.90. The smallest absolute Gasteiger partial charge is 0.165 e. The van der Waals surface area contributed by atoms with Gasteiger partial charge in [0.15, 0.2) is 23.1 Å². The van der Waals surface area contributed by atoms with E-state index in [1.807, 2.05) is 30.1 Å². The largest absolute Gasteiger partial charge is 0.493 e. The summed E-state index contributed by atoms with van der Waals surface area (Å²) in [5.74, 6) is 1.41. The van der Waals surface area contributed by atoms with Gasteiger partial charge in [-0.2, -0.15) is 5.10 Å². The Labute approximate surface area is 219 Å². The monoisotopic (exact) mass is 511 g/mol. The van der Waals surface area contributed by atoms with Gasteiger partial charge in [0.25, 0.3) is 0 Å². The molecule has 1 aliphatic rings. The summed E-state index contributed by atoms with van der Waals surface area (Å²) in [6, 6.07) is 12.6. The fourth-order valence-corrected chi connectivity index (χ4v) is 4.75. The molecule has 0 unspecified atom stereocenters. The average Bonchev–Trinajstić information content (AvgIpc) is 3.22. The molecule has 0 N–H and O–H groups in total. The highest BCUT2D eigenvalue weighted by Gasteiger charge is 2.34. The molecule has 8 heteroatoms. The molecule has 0 radical (unpaired) electrons. The number of hydrogen-bond acceptors (Lipinski definition) is 6. The fourth-order valence-electron chi connectivity index (χ4n) is 4.75. The van der Waals surface area contributed by atoms with E-state index in [2.05, 4.69) is 22.1 Å². The molecule has 1 fully saturated rings. The normalized spacial score (nSPS) is 18.4. The third kappa shape index (κ3) is 7.46. The number of halogens is 1. The Morgan fingerprint density at radius 3 is 2.62 bits per heavy atom. The summed E-state index contributed by atoms with van der Waals surface area (Å²) in [6.45, 7) is 6.38. The first-order valence-corrected chi connectivity index (χ1v) is 12.9. The van der Waals surface area contributed by atoms with Crippen molar-refractivity contribution in [2.45, 2.75) is 51.3 Å². The van der Waals surface area contributed by atoms with E-state index in [0.717, 1.165) is 68.9 Å². The molecule has 2 aromatic carbocycles. The first-order chi connectivity index (χ1) is 18.0. The molecule has 7 nitrogen and oxygen atoms in total. The van der Waals surface area contributed by atoms with Gasteiger partial charge in [-0.15, -0.1) is 0 Å². The van der Waals surface area contributed by atoms with Crippen LogP contribution in [0.3, 0.4) is 0 Å². The van der Waals surface area contributed by atoms with Gasteiger partial charge in [-0.25, -0.2) is 4.39 Å². The van der Waals surface area contributed by atoms with Gasteiger partial charge in [0.1, 0.15) is 12.2 Å². The maximum absolute atomic E-state index is 14.0. The third-order valence-corrected chi connectivity index (χ3v) is 6.94. The van der Waals surface area contributed by atoms with Crippen LogP contribution in [0.2, 0.25) is 0 Å². The molecule has 37 heavy (non-hydrogen) atoms. The standard InChI is InChI=1S/C29H38FN3O4/c1-23-19-31-33(20-23)15-7-17-36-28-18-24(10-11-27(28)34-2)21-32-14-6-12-29(35-3,13-16-32)22-37-26-9-5-4-8-25(26)30/h4-5,8-11,18-20H,6-7,12-17,21-22H2,1-3H3/t29-/m1/s1. The summed E-state index contributed by atoms with van der Waals surface area (Å²) >= 11 is 0. The predicted octanol–water partition coefficient (Wildman–Crippen LogP) is 5.26. The lowest BCUT2D eigenvalue weighted by Gasteiger charge is -2.31. The first kappa shape index (κ1) is 26.9. The molecule has 0 bridgehead atoms. The Bertz CT molecular complexity index is 1140. The number of aromatic nitrogens is 2. The second-order valence-electron chi connectivity index (χ2n) is 9.70. The average molecular weight is 512 g/mol. The van der Waals surface area contributed by atoms with E-state index in [-0.39, 0.29) is 11.6 Å². The SMILES string of the molecule is COc1ccc(CN2CCC[C@@](COc3ccccc3F)(OC)CC2)cc1OCCCn1cc(C)cn1. The van der Waals surface area contributed by atoms with Gasteiger partial charge in [-0.3, -0.25) is 9.58 Å². The fraction of sp³-hybridized carbons (Fsp3) is 0.483. The number of benzene rings is 2. The van der Waals surface area contributed by atoms with E-state index in [0.29, 0.717) is 13.2 Å². The van der Waals surface area contributed by atoms with Gasteiger partial charge < -0.3 is 18.9 Å². The zero-order chi connectivity index (χ0) is 26.1. The molecule has 0 saturated carbocycles. The summed E-state index contributed by atoms with van der Waals surface area (Å²) in [6.07, 6.45) is 7.40. The molecule has 4 rings (SSSR count). The zero-order valence-corrected chi connectivity index (χ0v) is 22.1. The van der Waals surface area contributed by atoms with E-state index in [1.165, 1.54) is 11.6 Å². The Hall–Kier alpha value is -3.10. The van der Waals surface area contributed by atoms with E-state index in [9.17, 15) is 4.39 Å². The minimum atomic E-state index is -0.432. The number of aryl methyl sites for hydroxylation is 2. The van der Waals surface area contributed by atoms with Crippen LogP contribution in [-0.2, 0) is 17.8 Å². The molecule has 1 atom stereocenters. The second-order valence-corrected chi connectivity index (χ2v) is 9.70. The number of rotatable bonds is 12. The lowest BCUT2D eigenvalue weighted by Crippen LogP contribution is -2.39. The Kier molecular flexibility index (Phi) is 9.41. The van der Waals surface area contributed by atoms with Crippen molar-refractivity contribution in [2.75, 3.05) is 40.5 Å². The van der Waals surface area contributed by atoms with E-state index in [1.54, 1.807) is 32.4 Å². The lowest BCUT2D eigenvalue weighted by atomic mass is 9.95. The molecular formula is C29H38FN3O4. The third-order valence-electron chi connectivity index (χ3n) is 6.94. The molecule has 1 aromatic heterocycles. The summed E-state index contributed by atoms with van der Waals surface area (Å²) in [7, 11) is 3.39. The minimum absolute atomic E-state index is 0.269. The second kappa shape index (κ2) is 12.9. The van der Waals surface area contributed by atoms with E-state index < -0.39 is 5.60 Å². The quantitative estimate of drug-likeness (QED) is 0.309. The van der Waals surface area contributed by atoms with Gasteiger partial charge >= 0.3 is 0 Å². The Morgan fingerprint density at radius 2 is 1.86 bits per heavy atom. The summed E-state index contributed by atoms with van der Waals surface area (Å²) in [4.78, 5) is 2.43. The number of nitrogens with zero attached hydrogens (tertiary/aromatic N) is 3. The van der Waals surface area contributed by atoms with Crippen LogP contribution < -0.4 is 14.2 Å². The van der Waals surface area contributed by atoms with Crippen molar-refractivity contribution in [1.82, 2.24) is 14.7 Å². The maximum atomic E-state index is 14.0. The molecular weight excluding hydrogens is 473 g/mol. The number of ether oxygens (including phenoxy) is 4. The summed E-state index contributed by atoms with van der Waals surface area (Å²) in [5, 5.41) is 4.33.